The largest absolute Gasteiger partial charge is 0.454 e. The standard InChI is InChI=1S/C20H26ClF3N2O5S/c1-4-26(14-7-8-32(29,30)11-14)17(27)10-31-19(28)18(12(2)3)25-16-6-5-13(9-15(16)21)20(22,23)24/h5-6,9,12,14,18,25H,4,7-8,10-11H2,1-3H3. The number of esters is 1. The van der Waals surface area contributed by atoms with E-state index < -0.39 is 52.1 Å². The normalized spacial score (nSPS) is 18.9. The highest BCUT2D eigenvalue weighted by atomic mass is 35.5. The van der Waals surface area contributed by atoms with E-state index in [4.69, 9.17) is 16.3 Å². The molecule has 1 saturated heterocycles. The van der Waals surface area contributed by atoms with Gasteiger partial charge >= 0.3 is 12.1 Å². The van der Waals surface area contributed by atoms with Crippen LogP contribution in [0, 0.1) is 5.92 Å². The van der Waals surface area contributed by atoms with Gasteiger partial charge in [0.25, 0.3) is 5.91 Å². The van der Waals surface area contributed by atoms with Gasteiger partial charge in [-0.1, -0.05) is 25.4 Å². The first-order valence-corrected chi connectivity index (χ1v) is 12.2. The summed E-state index contributed by atoms with van der Waals surface area (Å²) in [5, 5.41) is 2.57. The number of benzene rings is 1. The Balaban J connectivity index is 2.03. The zero-order valence-corrected chi connectivity index (χ0v) is 19.5. The average molecular weight is 499 g/mol. The van der Waals surface area contributed by atoms with Crippen molar-refractivity contribution < 1.29 is 35.9 Å². The van der Waals surface area contributed by atoms with E-state index in [1.54, 1.807) is 20.8 Å². The molecule has 7 nitrogen and oxygen atoms in total. The van der Waals surface area contributed by atoms with Crippen LogP contribution in [0.2, 0.25) is 5.02 Å². The van der Waals surface area contributed by atoms with Gasteiger partial charge in [-0.05, 0) is 37.5 Å². The van der Waals surface area contributed by atoms with Crippen molar-refractivity contribution in [1.29, 1.82) is 0 Å². The van der Waals surface area contributed by atoms with Gasteiger partial charge in [0.05, 0.1) is 27.8 Å². The van der Waals surface area contributed by atoms with Gasteiger partial charge in [0.2, 0.25) is 0 Å². The molecule has 1 aliphatic rings. The number of halogens is 4. The smallest absolute Gasteiger partial charge is 0.416 e. The molecule has 1 aromatic rings. The maximum atomic E-state index is 12.8. The lowest BCUT2D eigenvalue weighted by atomic mass is 10.0. The number of sulfone groups is 1. The Hall–Kier alpha value is -2.01. The fourth-order valence-electron chi connectivity index (χ4n) is 3.44. The predicted molar refractivity (Wildman–Crippen MR) is 114 cm³/mol. The minimum absolute atomic E-state index is 0.00840. The fourth-order valence-corrected chi connectivity index (χ4v) is 5.40. The molecule has 1 aromatic carbocycles. The van der Waals surface area contributed by atoms with Gasteiger partial charge in [-0.15, -0.1) is 0 Å². The third-order valence-corrected chi connectivity index (χ3v) is 7.24. The molecule has 12 heteroatoms. The van der Waals surface area contributed by atoms with Crippen molar-refractivity contribution in [3.05, 3.63) is 28.8 Å². The molecule has 32 heavy (non-hydrogen) atoms. The number of carbonyl (C=O) groups is 2. The SMILES string of the molecule is CCN(C(=O)COC(=O)C(Nc1ccc(C(F)(F)F)cc1Cl)C(C)C)C1CCS(=O)(=O)C1. The number of hydrogen-bond donors (Lipinski definition) is 1. The van der Waals surface area contributed by atoms with Gasteiger partial charge in [0, 0.05) is 12.6 Å². The Morgan fingerprint density at radius 2 is 1.97 bits per heavy atom. The quantitative estimate of drug-likeness (QED) is 0.552. The van der Waals surface area contributed by atoms with Crippen molar-refractivity contribution in [2.75, 3.05) is 30.0 Å². The van der Waals surface area contributed by atoms with Gasteiger partial charge in [0.15, 0.2) is 16.4 Å². The maximum absolute atomic E-state index is 12.8. The summed E-state index contributed by atoms with van der Waals surface area (Å²) in [6, 6.07) is 1.29. The number of ether oxygens (including phenoxy) is 1. The molecule has 0 aromatic heterocycles. The van der Waals surface area contributed by atoms with Crippen LogP contribution in [0.15, 0.2) is 18.2 Å². The number of nitrogens with one attached hydrogen (secondary N) is 1. The molecule has 180 valence electrons. The van der Waals surface area contributed by atoms with Crippen LogP contribution in [-0.4, -0.2) is 61.9 Å². The zero-order valence-electron chi connectivity index (χ0n) is 17.9. The molecule has 1 N–H and O–H groups in total. The van der Waals surface area contributed by atoms with Crippen LogP contribution < -0.4 is 5.32 Å². The second-order valence-corrected chi connectivity index (χ2v) is 10.5. The Morgan fingerprint density at radius 3 is 2.44 bits per heavy atom. The van der Waals surface area contributed by atoms with Crippen LogP contribution in [-0.2, 0) is 30.3 Å². The Labute approximate surface area is 190 Å². The Kier molecular flexibility index (Phi) is 8.44. The molecule has 1 amide bonds. The molecule has 2 unspecified atom stereocenters. The first-order valence-electron chi connectivity index (χ1n) is 10.0. The van der Waals surface area contributed by atoms with Gasteiger partial charge in [-0.2, -0.15) is 13.2 Å². The monoisotopic (exact) mass is 498 g/mol. The number of rotatable bonds is 8. The van der Waals surface area contributed by atoms with Crippen molar-refractivity contribution in [3.63, 3.8) is 0 Å². The molecule has 0 radical (unpaired) electrons. The van der Waals surface area contributed by atoms with E-state index in [0.29, 0.717) is 6.42 Å². The van der Waals surface area contributed by atoms with E-state index in [9.17, 15) is 31.2 Å². The molecule has 0 aliphatic carbocycles. The molecule has 2 rings (SSSR count). The number of amides is 1. The number of hydrogen-bond acceptors (Lipinski definition) is 6. The van der Waals surface area contributed by atoms with Crippen LogP contribution in [0.4, 0.5) is 18.9 Å². The number of carbonyl (C=O) groups excluding carboxylic acids is 2. The van der Waals surface area contributed by atoms with E-state index in [1.807, 2.05) is 0 Å². The summed E-state index contributed by atoms with van der Waals surface area (Å²) < 4.78 is 67.0. The predicted octanol–water partition coefficient (Wildman–Crippen LogP) is 3.37. The van der Waals surface area contributed by atoms with Crippen molar-refractivity contribution in [1.82, 2.24) is 4.90 Å². The van der Waals surface area contributed by atoms with Crippen molar-refractivity contribution in [2.45, 2.75) is 45.5 Å². The van der Waals surface area contributed by atoms with E-state index in [2.05, 4.69) is 5.32 Å². The number of anilines is 1. The summed E-state index contributed by atoms with van der Waals surface area (Å²) in [6.45, 7) is 4.79. The second-order valence-electron chi connectivity index (χ2n) is 7.90. The van der Waals surface area contributed by atoms with E-state index in [-0.39, 0.29) is 34.7 Å². The van der Waals surface area contributed by atoms with Crippen molar-refractivity contribution in [2.24, 2.45) is 5.92 Å². The summed E-state index contributed by atoms with van der Waals surface area (Å²) in [6.07, 6.45) is -4.22. The summed E-state index contributed by atoms with van der Waals surface area (Å²) in [7, 11) is -3.19. The van der Waals surface area contributed by atoms with E-state index in [1.165, 1.54) is 4.90 Å². The molecule has 2 atom stereocenters. The lowest BCUT2D eigenvalue weighted by molar-refractivity contribution is -0.154. The van der Waals surface area contributed by atoms with Crippen LogP contribution >= 0.6 is 11.6 Å². The van der Waals surface area contributed by atoms with Gasteiger partial charge < -0.3 is 15.0 Å². The highest BCUT2D eigenvalue weighted by Gasteiger charge is 2.35. The van der Waals surface area contributed by atoms with Crippen LogP contribution in [0.25, 0.3) is 0 Å². The third kappa shape index (κ3) is 6.74. The first-order chi connectivity index (χ1) is 14.7. The first kappa shape index (κ1) is 26.2. The van der Waals surface area contributed by atoms with Crippen molar-refractivity contribution >= 4 is 39.0 Å². The highest BCUT2D eigenvalue weighted by molar-refractivity contribution is 7.91. The summed E-state index contributed by atoms with van der Waals surface area (Å²) in [5.41, 5.74) is -0.802. The highest BCUT2D eigenvalue weighted by Crippen LogP contribution is 2.34. The van der Waals surface area contributed by atoms with Crippen molar-refractivity contribution in [3.8, 4) is 0 Å². The van der Waals surface area contributed by atoms with Crippen LogP contribution in [0.1, 0.15) is 32.8 Å². The average Bonchev–Trinajstić information content (AvgIpc) is 3.04. The summed E-state index contributed by atoms with van der Waals surface area (Å²) in [5.74, 6) is -1.74. The summed E-state index contributed by atoms with van der Waals surface area (Å²) >= 11 is 5.95. The molecular formula is C20H26ClF3N2O5S. The number of nitrogens with zero attached hydrogens (tertiary/aromatic N) is 1. The number of alkyl halides is 3. The molecule has 1 fully saturated rings. The van der Waals surface area contributed by atoms with E-state index >= 15 is 0 Å². The van der Waals surface area contributed by atoms with E-state index in [0.717, 1.165) is 18.2 Å². The fraction of sp³-hybridized carbons (Fsp3) is 0.600. The summed E-state index contributed by atoms with van der Waals surface area (Å²) in [4.78, 5) is 26.5. The number of likely N-dealkylation sites (N-methyl/N-ethyl adjacent to an activating group) is 1. The minimum atomic E-state index is -4.55. The maximum Gasteiger partial charge on any atom is 0.416 e. The van der Waals surface area contributed by atoms with Crippen LogP contribution in [0.3, 0.4) is 0 Å². The molecule has 0 spiro atoms. The lowest BCUT2D eigenvalue weighted by Crippen LogP contribution is -2.44. The van der Waals surface area contributed by atoms with Gasteiger partial charge in [0.1, 0.15) is 6.04 Å². The molecule has 0 bridgehead atoms. The topological polar surface area (TPSA) is 92.8 Å². The molecule has 1 heterocycles. The molecular weight excluding hydrogens is 473 g/mol. The third-order valence-electron chi connectivity index (χ3n) is 5.18. The Morgan fingerprint density at radius 1 is 1.31 bits per heavy atom. The lowest BCUT2D eigenvalue weighted by Gasteiger charge is -2.27. The Bertz CT molecular complexity index is 953. The van der Waals surface area contributed by atoms with Gasteiger partial charge in [-0.25, -0.2) is 13.2 Å². The van der Waals surface area contributed by atoms with Crippen LogP contribution in [0.5, 0.6) is 0 Å². The minimum Gasteiger partial charge on any atom is -0.454 e. The van der Waals surface area contributed by atoms with Gasteiger partial charge in [-0.3, -0.25) is 4.79 Å². The second kappa shape index (κ2) is 10.3. The molecule has 0 saturated carbocycles. The molecule has 1 aliphatic heterocycles. The zero-order chi connectivity index (χ0) is 24.3.